The van der Waals surface area contributed by atoms with E-state index >= 15 is 0 Å². The van der Waals surface area contributed by atoms with Gasteiger partial charge in [-0.2, -0.15) is 0 Å². The van der Waals surface area contributed by atoms with Crippen LogP contribution in [0.3, 0.4) is 0 Å². The molecular formula is C13H20N4O4. The molecule has 0 aromatic carbocycles. The van der Waals surface area contributed by atoms with Crippen LogP contribution in [-0.4, -0.2) is 45.2 Å². The molecular weight excluding hydrogens is 276 g/mol. The fraction of sp³-hybridized carbons (Fsp3) is 0.538. The lowest BCUT2D eigenvalue weighted by molar-refractivity contribution is -0.140. The van der Waals surface area contributed by atoms with Crippen molar-refractivity contribution in [2.45, 2.75) is 38.8 Å². The lowest BCUT2D eigenvalue weighted by atomic mass is 10.1. The van der Waals surface area contributed by atoms with Crippen molar-refractivity contribution in [2.75, 3.05) is 12.3 Å². The molecule has 21 heavy (non-hydrogen) atoms. The van der Waals surface area contributed by atoms with Gasteiger partial charge in [0, 0.05) is 25.4 Å². The van der Waals surface area contributed by atoms with E-state index in [1.54, 1.807) is 0 Å². The van der Waals surface area contributed by atoms with Crippen LogP contribution < -0.4 is 11.1 Å². The van der Waals surface area contributed by atoms with Gasteiger partial charge in [0.1, 0.15) is 6.04 Å². The molecule has 0 spiro atoms. The third-order valence-electron chi connectivity index (χ3n) is 2.49. The molecule has 0 aliphatic heterocycles. The first-order valence-electron chi connectivity index (χ1n) is 6.45. The number of ether oxygens (including phenoxy) is 1. The third-order valence-corrected chi connectivity index (χ3v) is 2.49. The summed E-state index contributed by atoms with van der Waals surface area (Å²) in [4.78, 5) is 30.6. The number of nitrogens with zero attached hydrogens (tertiary/aromatic N) is 2. The summed E-state index contributed by atoms with van der Waals surface area (Å²) < 4.78 is 5.45. The summed E-state index contributed by atoms with van der Waals surface area (Å²) in [6.45, 7) is 5.79. The fourth-order valence-electron chi connectivity index (χ4n) is 1.49. The zero-order valence-corrected chi connectivity index (χ0v) is 12.3. The molecule has 0 radical (unpaired) electrons. The molecule has 116 valence electrons. The number of aromatic nitrogens is 2. The van der Waals surface area contributed by atoms with Gasteiger partial charge in [0.15, 0.2) is 11.5 Å². The van der Waals surface area contributed by atoms with E-state index in [1.165, 1.54) is 12.4 Å². The number of carboxylic acid groups (broad SMARTS) is 1. The minimum atomic E-state index is -1.15. The van der Waals surface area contributed by atoms with Crippen molar-refractivity contribution >= 4 is 17.7 Å². The molecule has 0 bridgehead atoms. The number of rotatable bonds is 6. The maximum Gasteiger partial charge on any atom is 0.326 e. The zero-order chi connectivity index (χ0) is 16.0. The molecule has 0 saturated heterocycles. The second-order valence-corrected chi connectivity index (χ2v) is 5.40. The van der Waals surface area contributed by atoms with E-state index in [0.29, 0.717) is 0 Å². The van der Waals surface area contributed by atoms with Gasteiger partial charge in [0.05, 0.1) is 5.60 Å². The van der Waals surface area contributed by atoms with Crippen LogP contribution in [0.2, 0.25) is 0 Å². The number of anilines is 1. The largest absolute Gasteiger partial charge is 0.480 e. The lowest BCUT2D eigenvalue weighted by Gasteiger charge is -2.21. The number of hydrogen-bond donors (Lipinski definition) is 3. The molecule has 1 atom stereocenters. The van der Waals surface area contributed by atoms with E-state index in [9.17, 15) is 9.59 Å². The average molecular weight is 296 g/mol. The van der Waals surface area contributed by atoms with Crippen molar-refractivity contribution < 1.29 is 19.4 Å². The molecule has 8 heteroatoms. The van der Waals surface area contributed by atoms with Crippen LogP contribution in [0.4, 0.5) is 5.82 Å². The minimum absolute atomic E-state index is 0.0509. The number of amides is 1. The fourth-order valence-corrected chi connectivity index (χ4v) is 1.49. The highest BCUT2D eigenvalue weighted by Gasteiger charge is 2.23. The Kier molecular flexibility index (Phi) is 5.60. The molecule has 1 rings (SSSR count). The zero-order valence-electron chi connectivity index (χ0n) is 12.3. The van der Waals surface area contributed by atoms with Crippen molar-refractivity contribution in [1.29, 1.82) is 0 Å². The number of carbonyl (C=O) groups is 2. The number of nitrogens with two attached hydrogens (primary N) is 1. The highest BCUT2D eigenvalue weighted by Crippen LogP contribution is 2.09. The smallest absolute Gasteiger partial charge is 0.326 e. The molecule has 8 nitrogen and oxygen atoms in total. The van der Waals surface area contributed by atoms with Gasteiger partial charge < -0.3 is 20.9 Å². The van der Waals surface area contributed by atoms with Gasteiger partial charge in [-0.3, -0.25) is 4.79 Å². The number of nitrogen functional groups attached to an aromatic ring is 1. The van der Waals surface area contributed by atoms with Crippen molar-refractivity contribution in [3.05, 3.63) is 18.1 Å². The molecule has 1 aromatic rings. The monoisotopic (exact) mass is 296 g/mol. The minimum Gasteiger partial charge on any atom is -0.480 e. The Balaban J connectivity index is 2.65. The van der Waals surface area contributed by atoms with Crippen LogP contribution in [-0.2, 0) is 9.53 Å². The van der Waals surface area contributed by atoms with E-state index in [2.05, 4.69) is 15.3 Å². The first kappa shape index (κ1) is 16.8. The number of carboxylic acids is 1. The number of hydrogen-bond acceptors (Lipinski definition) is 6. The molecule has 0 fully saturated rings. The summed E-state index contributed by atoms with van der Waals surface area (Å²) in [6.07, 6.45) is 2.79. The summed E-state index contributed by atoms with van der Waals surface area (Å²) in [6, 6.07) is -1.08. The first-order valence-corrected chi connectivity index (χ1v) is 6.45. The summed E-state index contributed by atoms with van der Waals surface area (Å²) in [7, 11) is 0. The summed E-state index contributed by atoms with van der Waals surface area (Å²) >= 11 is 0. The Morgan fingerprint density at radius 1 is 1.38 bits per heavy atom. The highest BCUT2D eigenvalue weighted by atomic mass is 16.5. The maximum absolute atomic E-state index is 11.9. The van der Waals surface area contributed by atoms with Crippen LogP contribution in [0.25, 0.3) is 0 Å². The predicted molar refractivity (Wildman–Crippen MR) is 75.7 cm³/mol. The summed E-state index contributed by atoms with van der Waals surface area (Å²) in [5.74, 6) is -1.88. The number of carbonyl (C=O) groups excluding carboxylic acids is 1. The summed E-state index contributed by atoms with van der Waals surface area (Å²) in [5.41, 5.74) is 5.05. The van der Waals surface area contributed by atoms with Gasteiger partial charge in [-0.05, 0) is 20.8 Å². The number of nitrogens with one attached hydrogen (secondary N) is 1. The predicted octanol–water partition coefficient (Wildman–Crippen LogP) is 0.447. The van der Waals surface area contributed by atoms with Crippen molar-refractivity contribution in [2.24, 2.45) is 0 Å². The molecule has 0 saturated carbocycles. The molecule has 1 aromatic heterocycles. The van der Waals surface area contributed by atoms with Crippen molar-refractivity contribution in [3.63, 3.8) is 0 Å². The van der Waals surface area contributed by atoms with Gasteiger partial charge in [0.2, 0.25) is 0 Å². The molecule has 4 N–H and O–H groups in total. The van der Waals surface area contributed by atoms with E-state index in [0.717, 1.165) is 0 Å². The quantitative estimate of drug-likeness (QED) is 0.695. The lowest BCUT2D eigenvalue weighted by Crippen LogP contribution is -2.42. The van der Waals surface area contributed by atoms with Crippen molar-refractivity contribution in [3.8, 4) is 0 Å². The van der Waals surface area contributed by atoms with E-state index in [4.69, 9.17) is 15.6 Å². The van der Waals surface area contributed by atoms with Gasteiger partial charge in [-0.15, -0.1) is 0 Å². The van der Waals surface area contributed by atoms with Crippen LogP contribution in [0.5, 0.6) is 0 Å². The van der Waals surface area contributed by atoms with Gasteiger partial charge in [0.25, 0.3) is 5.91 Å². The second-order valence-electron chi connectivity index (χ2n) is 5.40. The van der Waals surface area contributed by atoms with Gasteiger partial charge >= 0.3 is 5.97 Å². The molecule has 1 amide bonds. The van der Waals surface area contributed by atoms with Crippen LogP contribution in [0.15, 0.2) is 12.4 Å². The third kappa shape index (κ3) is 5.74. The van der Waals surface area contributed by atoms with Crippen LogP contribution in [0, 0.1) is 0 Å². The molecule has 0 aliphatic rings. The number of aliphatic carboxylic acids is 1. The van der Waals surface area contributed by atoms with Crippen molar-refractivity contribution in [1.82, 2.24) is 15.3 Å². The van der Waals surface area contributed by atoms with Gasteiger partial charge in [-0.25, -0.2) is 14.8 Å². The Hall–Kier alpha value is -2.22. The van der Waals surface area contributed by atoms with E-state index in [1.807, 2.05) is 20.8 Å². The Morgan fingerprint density at radius 2 is 2.00 bits per heavy atom. The van der Waals surface area contributed by atoms with E-state index in [-0.39, 0.29) is 30.1 Å². The summed E-state index contributed by atoms with van der Waals surface area (Å²) in [5, 5.41) is 11.5. The molecule has 0 aliphatic carbocycles. The van der Waals surface area contributed by atoms with Crippen LogP contribution in [0.1, 0.15) is 37.7 Å². The SMILES string of the molecule is CC(C)(C)OCCC(NC(=O)c1nccnc1N)C(=O)O. The average Bonchev–Trinajstić information content (AvgIpc) is 2.36. The Morgan fingerprint density at radius 3 is 2.52 bits per heavy atom. The Labute approximate surface area is 122 Å². The molecule has 1 heterocycles. The van der Waals surface area contributed by atoms with Crippen LogP contribution >= 0.6 is 0 Å². The highest BCUT2D eigenvalue weighted by molar-refractivity contribution is 5.98. The molecule has 1 unspecified atom stereocenters. The standard InChI is InChI=1S/C13H20N4O4/c1-13(2,3)21-7-4-8(12(19)20)17-11(18)9-10(14)16-6-5-15-9/h5-6,8H,4,7H2,1-3H3,(H2,14,16)(H,17,18)(H,19,20). The van der Waals surface area contributed by atoms with E-state index < -0.39 is 17.9 Å². The topological polar surface area (TPSA) is 127 Å². The van der Waals surface area contributed by atoms with Gasteiger partial charge in [-0.1, -0.05) is 0 Å². The normalized spacial score (nSPS) is 12.7. The Bertz CT molecular complexity index is 513. The first-order chi connectivity index (χ1) is 9.70. The second kappa shape index (κ2) is 6.98. The maximum atomic E-state index is 11.9.